The van der Waals surface area contributed by atoms with Gasteiger partial charge in [0.2, 0.25) is 11.8 Å². The molecule has 0 radical (unpaired) electrons. The van der Waals surface area contributed by atoms with Crippen LogP contribution < -0.4 is 10.6 Å². The molecule has 1 aromatic carbocycles. The lowest BCUT2D eigenvalue weighted by atomic mass is 9.81. The standard InChI is InChI=1S/C26H32N6O.C24H37NO2.C6H9NO2/c1-4-19-15-22(16-27)26(33)32(23-7-5-6-8-23)25(19)30-18(2)29-24-10-9-21(17-28-24)20-11-13-31(3)14-12-20;1-3-4-10-21-17-22(11-12-23(21)19(2)26)24(27)13-15-25(16-14-24)18-20-8-6-5-7-9-20;1-4-2-3-5(8)7-6(4)9/h4,9-10,15,17,20,23H,2,5-8,11-14H2,1,3H3,(H,28,29);11-12,17,20,27H,3-10,13-16,18H2,1-2H3;4H,2-3H2,1H3,(H,7,8,9)/b19-4-,30-25+;;. The van der Waals surface area contributed by atoms with Gasteiger partial charge in [0.1, 0.15) is 29.1 Å². The van der Waals surface area contributed by atoms with Crippen molar-refractivity contribution in [3.8, 4) is 6.07 Å². The smallest absolute Gasteiger partial charge is 0.270 e. The van der Waals surface area contributed by atoms with Gasteiger partial charge in [-0.3, -0.25) is 29.4 Å². The maximum Gasteiger partial charge on any atom is 0.270 e. The second kappa shape index (κ2) is 25.5. The van der Waals surface area contributed by atoms with Crippen LogP contribution in [0.4, 0.5) is 5.82 Å². The summed E-state index contributed by atoms with van der Waals surface area (Å²) in [4.78, 5) is 62.0. The number of allylic oxidation sites excluding steroid dienone is 1. The molecule has 13 heteroatoms. The minimum absolute atomic E-state index is 0.0164. The molecule has 5 fully saturated rings. The summed E-state index contributed by atoms with van der Waals surface area (Å²) in [7, 11) is 2.17. The van der Waals surface area contributed by atoms with Gasteiger partial charge in [0.25, 0.3) is 5.91 Å². The van der Waals surface area contributed by atoms with E-state index in [1.54, 1.807) is 17.9 Å². The van der Waals surface area contributed by atoms with Gasteiger partial charge in [-0.2, -0.15) is 5.26 Å². The molecule has 372 valence electrons. The number of benzene rings is 1. The first-order valence-corrected chi connectivity index (χ1v) is 26.0. The number of unbranched alkanes of at least 4 members (excludes halogenated alkanes) is 1. The topological polar surface area (TPSA) is 171 Å². The zero-order chi connectivity index (χ0) is 49.5. The van der Waals surface area contributed by atoms with E-state index in [0.717, 1.165) is 125 Å². The second-order valence-corrected chi connectivity index (χ2v) is 20.3. The summed E-state index contributed by atoms with van der Waals surface area (Å²) in [6, 6.07) is 12.2. The normalized spacial score (nSPS) is 23.0. The van der Waals surface area contributed by atoms with Gasteiger partial charge in [0, 0.05) is 55.3 Å². The number of nitrogens with zero attached hydrogens (tertiary/aromatic N) is 6. The Morgan fingerprint density at radius 1 is 1.00 bits per heavy atom. The largest absolute Gasteiger partial charge is 0.385 e. The van der Waals surface area contributed by atoms with Gasteiger partial charge in [-0.1, -0.05) is 89.3 Å². The van der Waals surface area contributed by atoms with E-state index in [1.165, 1.54) is 44.2 Å². The quantitative estimate of drug-likeness (QED) is 0.138. The molecule has 13 nitrogen and oxygen atoms in total. The van der Waals surface area contributed by atoms with E-state index in [2.05, 4.69) is 58.1 Å². The molecule has 2 aromatic rings. The molecule has 4 aliphatic heterocycles. The summed E-state index contributed by atoms with van der Waals surface area (Å²) < 4.78 is 0. The van der Waals surface area contributed by atoms with Crippen LogP contribution in [0.15, 0.2) is 77.2 Å². The Kier molecular flexibility index (Phi) is 19.6. The number of nitrogens with one attached hydrogen (secondary N) is 2. The number of ketones is 1. The van der Waals surface area contributed by atoms with E-state index < -0.39 is 5.60 Å². The van der Waals surface area contributed by atoms with Crippen molar-refractivity contribution in [1.82, 2.24) is 25.0 Å². The molecule has 1 aromatic heterocycles. The number of aliphatic imine (C=N–C) groups is 1. The van der Waals surface area contributed by atoms with E-state index >= 15 is 0 Å². The summed E-state index contributed by atoms with van der Waals surface area (Å²) in [6.07, 6.45) is 24.6. The zero-order valence-electron chi connectivity index (χ0n) is 42.2. The number of aryl methyl sites for hydroxylation is 1. The Morgan fingerprint density at radius 2 is 1.70 bits per heavy atom. The highest BCUT2D eigenvalue weighted by molar-refractivity contribution is 6.19. The second-order valence-electron chi connectivity index (χ2n) is 20.3. The lowest BCUT2D eigenvalue weighted by molar-refractivity contribution is -0.136. The molecule has 0 spiro atoms. The van der Waals surface area contributed by atoms with E-state index in [1.807, 2.05) is 50.4 Å². The lowest BCUT2D eigenvalue weighted by Gasteiger charge is -2.40. The van der Waals surface area contributed by atoms with Gasteiger partial charge in [-0.15, -0.1) is 0 Å². The number of amidine groups is 1. The van der Waals surface area contributed by atoms with Crippen molar-refractivity contribution < 1.29 is 24.3 Å². The number of nitriles is 1. The SMILES string of the molecule is C=C(/N=C1\C(=C/C)C=C(C#N)C(=O)N1C1CCCC1)Nc1ccc(C2CCN(C)CC2)cn1.CC1CCC(=O)NC1=O.CCCCc1cc(C2(O)CCN(CC3CCCCC3)CC2)ccc1C(C)=O. The Hall–Kier alpha value is -5.29. The number of hydrogen-bond acceptors (Lipinski definition) is 11. The monoisotopic (exact) mass is 943 g/mol. The number of rotatable bonds is 12. The number of amides is 3. The Morgan fingerprint density at radius 3 is 2.29 bits per heavy atom. The van der Waals surface area contributed by atoms with Crippen molar-refractivity contribution in [2.24, 2.45) is 16.8 Å². The van der Waals surface area contributed by atoms with Crippen LogP contribution >= 0.6 is 0 Å². The van der Waals surface area contributed by atoms with E-state index in [9.17, 15) is 29.5 Å². The summed E-state index contributed by atoms with van der Waals surface area (Å²) in [6.45, 7) is 17.0. The molecule has 2 aliphatic carbocycles. The van der Waals surface area contributed by atoms with E-state index in [-0.39, 0.29) is 41.0 Å². The Labute approximate surface area is 411 Å². The van der Waals surface area contributed by atoms with Crippen molar-refractivity contribution in [3.63, 3.8) is 0 Å². The third-order valence-corrected chi connectivity index (χ3v) is 15.1. The van der Waals surface area contributed by atoms with Crippen molar-refractivity contribution in [2.45, 2.75) is 161 Å². The predicted octanol–water partition coefficient (Wildman–Crippen LogP) is 9.51. The fourth-order valence-electron chi connectivity index (χ4n) is 10.7. The minimum Gasteiger partial charge on any atom is -0.385 e. The molecule has 2 saturated carbocycles. The molecule has 1 atom stereocenters. The molecular formula is C56H78N8O5. The average Bonchev–Trinajstić information content (AvgIpc) is 3.89. The molecule has 0 bridgehead atoms. The number of Topliss-reactive ketones (excluding diaryl/α,β-unsaturated/α-hetero) is 1. The van der Waals surface area contributed by atoms with E-state index in [0.29, 0.717) is 36.2 Å². The van der Waals surface area contributed by atoms with Gasteiger partial charge < -0.3 is 20.2 Å². The molecule has 1 unspecified atom stereocenters. The van der Waals surface area contributed by atoms with Crippen molar-refractivity contribution in [2.75, 3.05) is 45.1 Å². The lowest BCUT2D eigenvalue weighted by Crippen LogP contribution is -2.47. The summed E-state index contributed by atoms with van der Waals surface area (Å²) in [5.41, 5.74) is 4.38. The molecule has 8 rings (SSSR count). The van der Waals surface area contributed by atoms with Gasteiger partial charge >= 0.3 is 0 Å². The third-order valence-electron chi connectivity index (χ3n) is 15.1. The van der Waals surface area contributed by atoms with Gasteiger partial charge in [0.05, 0.1) is 5.60 Å². The average molecular weight is 943 g/mol. The van der Waals surface area contributed by atoms with Crippen LogP contribution in [0.1, 0.15) is 170 Å². The third kappa shape index (κ3) is 14.6. The van der Waals surface area contributed by atoms with E-state index in [4.69, 9.17) is 4.99 Å². The van der Waals surface area contributed by atoms with Crippen LogP contribution in [0.5, 0.6) is 0 Å². The Balaban J connectivity index is 0.000000195. The van der Waals surface area contributed by atoms with Crippen LogP contribution in [0.3, 0.4) is 0 Å². The number of piperidine rings is 3. The van der Waals surface area contributed by atoms with Crippen molar-refractivity contribution >= 4 is 35.2 Å². The number of carbonyl (C=O) groups excluding carboxylic acids is 4. The molecule has 3 saturated heterocycles. The van der Waals surface area contributed by atoms with Crippen LogP contribution in [0, 0.1) is 23.2 Å². The number of pyridine rings is 1. The zero-order valence-corrected chi connectivity index (χ0v) is 42.2. The molecule has 3 N–H and O–H groups in total. The number of hydrogen-bond donors (Lipinski definition) is 3. The van der Waals surface area contributed by atoms with Crippen LogP contribution in [-0.2, 0) is 26.4 Å². The van der Waals surface area contributed by atoms with Crippen LogP contribution in [-0.4, -0.2) is 99.9 Å². The molecule has 6 aliphatic rings. The van der Waals surface area contributed by atoms with Gasteiger partial charge in [-0.05, 0) is 145 Å². The van der Waals surface area contributed by atoms with Crippen LogP contribution in [0.25, 0.3) is 0 Å². The van der Waals surface area contributed by atoms with Crippen molar-refractivity contribution in [3.05, 3.63) is 94.5 Å². The van der Waals surface area contributed by atoms with Crippen molar-refractivity contribution in [1.29, 1.82) is 5.26 Å². The highest BCUT2D eigenvalue weighted by Gasteiger charge is 2.37. The number of likely N-dealkylation sites (tertiary alicyclic amines) is 2. The fourth-order valence-corrected chi connectivity index (χ4v) is 10.7. The predicted molar refractivity (Wildman–Crippen MR) is 273 cm³/mol. The fraction of sp³-hybridized carbons (Fsp3) is 0.589. The maximum atomic E-state index is 13.0. The maximum absolute atomic E-state index is 13.0. The Bertz CT molecular complexity index is 2250. The molecule has 69 heavy (non-hydrogen) atoms. The first kappa shape index (κ1) is 53.1. The first-order chi connectivity index (χ1) is 33.2. The number of aromatic nitrogens is 1. The molecule has 5 heterocycles. The highest BCUT2D eigenvalue weighted by atomic mass is 16.3. The summed E-state index contributed by atoms with van der Waals surface area (Å²) in [5, 5.41) is 26.2. The number of aliphatic hydroxyl groups is 1. The number of imide groups is 1. The number of carbonyl (C=O) groups is 4. The molecular weight excluding hydrogens is 865 g/mol. The summed E-state index contributed by atoms with van der Waals surface area (Å²) >= 11 is 0. The molecule has 3 amide bonds. The summed E-state index contributed by atoms with van der Waals surface area (Å²) in [5.74, 6) is 2.64. The van der Waals surface area contributed by atoms with Gasteiger partial charge in [0.15, 0.2) is 5.78 Å². The minimum atomic E-state index is -0.737. The van der Waals surface area contributed by atoms with Crippen LogP contribution in [0.2, 0.25) is 0 Å². The van der Waals surface area contributed by atoms with Gasteiger partial charge in [-0.25, -0.2) is 9.98 Å². The number of anilines is 1. The first-order valence-electron chi connectivity index (χ1n) is 26.0. The highest BCUT2D eigenvalue weighted by Crippen LogP contribution is 2.36.